The minimum Gasteiger partial charge on any atom is -0.328 e. The van der Waals surface area contributed by atoms with Gasteiger partial charge in [0, 0.05) is 5.69 Å². The Morgan fingerprint density at radius 1 is 1.40 bits per heavy atom. The molecule has 2 heteroatoms. The average Bonchev–Trinajstić information content (AvgIpc) is 2.04. The Bertz CT molecular complexity index is 187. The quantitative estimate of drug-likeness (QED) is 0.625. The second-order valence-electron chi connectivity index (χ2n) is 2.11. The van der Waals surface area contributed by atoms with Crippen LogP contribution in [-0.4, -0.2) is 0 Å². The van der Waals surface area contributed by atoms with Gasteiger partial charge >= 0.3 is 0 Å². The van der Waals surface area contributed by atoms with Crippen molar-refractivity contribution in [2.24, 2.45) is 0 Å². The van der Waals surface area contributed by atoms with Crippen LogP contribution in [0.5, 0.6) is 0 Å². The summed E-state index contributed by atoms with van der Waals surface area (Å²) < 4.78 is 3.12. The molecule has 1 nitrogen and oxygen atoms in total. The molecule has 54 valence electrons. The third-order valence-corrected chi connectivity index (χ3v) is 2.08. The molecule has 0 saturated carbocycles. The van der Waals surface area contributed by atoms with Crippen molar-refractivity contribution >= 4 is 28.6 Å². The smallest absolute Gasteiger partial charge is 0.0560 e. The number of anilines is 1. The Labute approximate surface area is 75.3 Å². The summed E-state index contributed by atoms with van der Waals surface area (Å²) in [5, 5.41) is 0. The molecular weight excluding hydrogens is 237 g/mol. The van der Waals surface area contributed by atoms with Crippen molar-refractivity contribution in [3.05, 3.63) is 29.8 Å². The summed E-state index contributed by atoms with van der Waals surface area (Å²) in [5.41, 5.74) is 2.60. The normalized spacial score (nSPS) is 9.40. The number of hydrogen-bond donors (Lipinski definition) is 1. The van der Waals surface area contributed by atoms with Gasteiger partial charge in [-0.3, -0.25) is 0 Å². The zero-order valence-corrected chi connectivity index (χ0v) is 8.05. The molecular formula is C8H10IN. The summed E-state index contributed by atoms with van der Waals surface area (Å²) in [7, 11) is 0. The van der Waals surface area contributed by atoms with Gasteiger partial charge in [0.25, 0.3) is 0 Å². The molecule has 0 unspecified atom stereocenters. The standard InChI is InChI=1S/C8H10IN/c1-2-7-5-3-4-6-8(7)10-9/h3-6,10H,2H2,1H3. The number of para-hydroxylation sites is 1. The minimum atomic E-state index is 1.09. The first-order chi connectivity index (χ1) is 4.88. The molecule has 0 bridgehead atoms. The van der Waals surface area contributed by atoms with Gasteiger partial charge in [0.2, 0.25) is 0 Å². The van der Waals surface area contributed by atoms with Crippen molar-refractivity contribution in [1.82, 2.24) is 0 Å². The number of hydrogen-bond acceptors (Lipinski definition) is 1. The SMILES string of the molecule is CCc1ccccc1NI. The fourth-order valence-corrected chi connectivity index (χ4v) is 1.45. The Balaban J connectivity index is 2.96. The first-order valence-electron chi connectivity index (χ1n) is 3.33. The average molecular weight is 247 g/mol. The number of benzene rings is 1. The van der Waals surface area contributed by atoms with Gasteiger partial charge in [-0.1, -0.05) is 25.1 Å². The van der Waals surface area contributed by atoms with Crippen LogP contribution in [0.2, 0.25) is 0 Å². The van der Waals surface area contributed by atoms with Crippen LogP contribution in [0.1, 0.15) is 12.5 Å². The molecule has 0 aliphatic rings. The molecule has 0 atom stereocenters. The maximum Gasteiger partial charge on any atom is 0.0560 e. The third kappa shape index (κ3) is 1.62. The molecule has 1 rings (SSSR count). The zero-order valence-electron chi connectivity index (χ0n) is 5.89. The molecule has 0 amide bonds. The molecule has 0 saturated heterocycles. The fraction of sp³-hybridized carbons (Fsp3) is 0.250. The minimum absolute atomic E-state index is 1.09. The highest BCUT2D eigenvalue weighted by Crippen LogP contribution is 2.16. The lowest BCUT2D eigenvalue weighted by atomic mass is 10.1. The van der Waals surface area contributed by atoms with E-state index >= 15 is 0 Å². The lowest BCUT2D eigenvalue weighted by molar-refractivity contribution is 1.15. The van der Waals surface area contributed by atoms with Crippen LogP contribution < -0.4 is 3.53 Å². The summed E-state index contributed by atoms with van der Waals surface area (Å²) in [6.07, 6.45) is 1.09. The highest BCUT2D eigenvalue weighted by molar-refractivity contribution is 14.1. The summed E-state index contributed by atoms with van der Waals surface area (Å²) in [4.78, 5) is 0. The van der Waals surface area contributed by atoms with Crippen LogP contribution in [0.25, 0.3) is 0 Å². The van der Waals surface area contributed by atoms with Crippen LogP contribution in [0, 0.1) is 0 Å². The second-order valence-corrected chi connectivity index (χ2v) is 2.64. The van der Waals surface area contributed by atoms with Crippen LogP contribution in [0.4, 0.5) is 5.69 Å². The highest BCUT2D eigenvalue weighted by Gasteiger charge is 1.94. The molecule has 0 aromatic heterocycles. The number of rotatable bonds is 2. The molecule has 1 N–H and O–H groups in total. The first-order valence-corrected chi connectivity index (χ1v) is 4.41. The van der Waals surface area contributed by atoms with Gasteiger partial charge in [-0.05, 0) is 18.1 Å². The zero-order chi connectivity index (χ0) is 7.40. The summed E-state index contributed by atoms with van der Waals surface area (Å²) >= 11 is 2.15. The lowest BCUT2D eigenvalue weighted by Gasteiger charge is -2.03. The summed E-state index contributed by atoms with van der Waals surface area (Å²) in [6.45, 7) is 2.16. The van der Waals surface area contributed by atoms with Crippen molar-refractivity contribution in [2.45, 2.75) is 13.3 Å². The molecule has 10 heavy (non-hydrogen) atoms. The second kappa shape index (κ2) is 3.81. The molecule has 0 aliphatic carbocycles. The van der Waals surface area contributed by atoms with E-state index < -0.39 is 0 Å². The van der Waals surface area contributed by atoms with E-state index in [2.05, 4.69) is 51.5 Å². The van der Waals surface area contributed by atoms with E-state index in [-0.39, 0.29) is 0 Å². The Kier molecular flexibility index (Phi) is 2.99. The van der Waals surface area contributed by atoms with Crippen LogP contribution in [0.15, 0.2) is 24.3 Å². The van der Waals surface area contributed by atoms with Crippen molar-refractivity contribution in [3.63, 3.8) is 0 Å². The number of aryl methyl sites for hydroxylation is 1. The topological polar surface area (TPSA) is 12.0 Å². The van der Waals surface area contributed by atoms with Crippen molar-refractivity contribution in [2.75, 3.05) is 3.53 Å². The molecule has 0 heterocycles. The van der Waals surface area contributed by atoms with E-state index in [9.17, 15) is 0 Å². The van der Waals surface area contributed by atoms with Crippen molar-refractivity contribution in [3.8, 4) is 0 Å². The third-order valence-electron chi connectivity index (χ3n) is 1.50. The Hall–Kier alpha value is -0.250. The van der Waals surface area contributed by atoms with Crippen LogP contribution in [-0.2, 0) is 6.42 Å². The van der Waals surface area contributed by atoms with Gasteiger partial charge < -0.3 is 3.53 Å². The molecule has 1 aromatic rings. The van der Waals surface area contributed by atoms with Gasteiger partial charge in [0.1, 0.15) is 0 Å². The van der Waals surface area contributed by atoms with E-state index in [1.54, 1.807) is 0 Å². The van der Waals surface area contributed by atoms with Crippen molar-refractivity contribution < 1.29 is 0 Å². The number of halogens is 1. The predicted molar refractivity (Wildman–Crippen MR) is 53.5 cm³/mol. The number of nitrogens with one attached hydrogen (secondary N) is 1. The molecule has 1 aromatic carbocycles. The van der Waals surface area contributed by atoms with E-state index in [1.165, 1.54) is 11.3 Å². The van der Waals surface area contributed by atoms with E-state index in [0.29, 0.717) is 0 Å². The van der Waals surface area contributed by atoms with Gasteiger partial charge in [-0.25, -0.2) is 0 Å². The fourth-order valence-electron chi connectivity index (χ4n) is 0.921. The highest BCUT2D eigenvalue weighted by atomic mass is 127. The monoisotopic (exact) mass is 247 g/mol. The Morgan fingerprint density at radius 3 is 2.60 bits per heavy atom. The van der Waals surface area contributed by atoms with Crippen molar-refractivity contribution in [1.29, 1.82) is 0 Å². The maximum atomic E-state index is 3.12. The lowest BCUT2D eigenvalue weighted by Crippen LogP contribution is -1.86. The summed E-state index contributed by atoms with van der Waals surface area (Å²) in [5.74, 6) is 0. The van der Waals surface area contributed by atoms with E-state index in [4.69, 9.17) is 0 Å². The van der Waals surface area contributed by atoms with E-state index in [1.807, 2.05) is 6.07 Å². The molecule has 0 radical (unpaired) electrons. The van der Waals surface area contributed by atoms with E-state index in [0.717, 1.165) is 6.42 Å². The largest absolute Gasteiger partial charge is 0.328 e. The van der Waals surface area contributed by atoms with Gasteiger partial charge in [0.15, 0.2) is 0 Å². The predicted octanol–water partition coefficient (Wildman–Crippen LogP) is 3.01. The Morgan fingerprint density at radius 2 is 2.10 bits per heavy atom. The van der Waals surface area contributed by atoms with Gasteiger partial charge in [0.05, 0.1) is 22.9 Å². The first kappa shape index (κ1) is 7.85. The van der Waals surface area contributed by atoms with Crippen LogP contribution >= 0.6 is 22.9 Å². The molecule has 0 spiro atoms. The van der Waals surface area contributed by atoms with Crippen LogP contribution in [0.3, 0.4) is 0 Å². The maximum absolute atomic E-state index is 3.12. The van der Waals surface area contributed by atoms with Gasteiger partial charge in [-0.2, -0.15) is 0 Å². The summed E-state index contributed by atoms with van der Waals surface area (Å²) in [6, 6.07) is 8.34. The van der Waals surface area contributed by atoms with Gasteiger partial charge in [-0.15, -0.1) is 0 Å². The molecule has 0 aliphatic heterocycles. The molecule has 0 fully saturated rings.